The van der Waals surface area contributed by atoms with Gasteiger partial charge in [-0.25, -0.2) is 4.79 Å². The van der Waals surface area contributed by atoms with Crippen LogP contribution >= 0.6 is 0 Å². The molecule has 0 heterocycles. The van der Waals surface area contributed by atoms with Crippen molar-refractivity contribution in [3.8, 4) is 0 Å². The molecule has 0 unspecified atom stereocenters. The van der Waals surface area contributed by atoms with E-state index < -0.39 is 12.0 Å². The molecule has 5 N–H and O–H groups in total. The first-order valence-electron chi connectivity index (χ1n) is 10.6. The highest BCUT2D eigenvalue weighted by Gasteiger charge is 2.40. The average Bonchev–Trinajstić information content (AvgIpc) is 2.70. The average molecular weight is 395 g/mol. The third-order valence-corrected chi connectivity index (χ3v) is 5.91. The predicted molar refractivity (Wildman–Crippen MR) is 106 cm³/mol. The standard InChI is InChI=1S/C20H34N4O4/c21-20(22)23-13-7-12-16(19(27)28)24(17(25)14-8-3-1-4-9-14)18(26)15-10-5-2-6-11-15/h14-16H,1-13H2,(H,27,28)(H4,21,22,23)/t16-/m0/s1. The Hall–Kier alpha value is -2.12. The molecule has 2 aliphatic carbocycles. The molecule has 0 aromatic carbocycles. The minimum Gasteiger partial charge on any atom is -0.480 e. The van der Waals surface area contributed by atoms with E-state index in [1.165, 1.54) is 0 Å². The van der Waals surface area contributed by atoms with E-state index in [0.29, 0.717) is 6.42 Å². The molecule has 28 heavy (non-hydrogen) atoms. The second-order valence-corrected chi connectivity index (χ2v) is 8.02. The highest BCUT2D eigenvalue weighted by atomic mass is 16.4. The van der Waals surface area contributed by atoms with Gasteiger partial charge in [0.2, 0.25) is 11.8 Å². The van der Waals surface area contributed by atoms with Crippen LogP contribution in [0.4, 0.5) is 0 Å². The number of guanidine groups is 1. The van der Waals surface area contributed by atoms with E-state index >= 15 is 0 Å². The number of nitrogens with zero attached hydrogens (tertiary/aromatic N) is 2. The van der Waals surface area contributed by atoms with Crippen molar-refractivity contribution in [3.63, 3.8) is 0 Å². The zero-order chi connectivity index (χ0) is 20.5. The molecule has 0 bridgehead atoms. The Balaban J connectivity index is 2.19. The lowest BCUT2D eigenvalue weighted by Gasteiger charge is -2.35. The van der Waals surface area contributed by atoms with Gasteiger partial charge in [0.05, 0.1) is 0 Å². The molecule has 2 aliphatic rings. The molecule has 2 fully saturated rings. The smallest absolute Gasteiger partial charge is 0.326 e. The quantitative estimate of drug-likeness (QED) is 0.249. The molecule has 2 amide bonds. The number of carboxylic acid groups (broad SMARTS) is 1. The maximum Gasteiger partial charge on any atom is 0.326 e. The third kappa shape index (κ3) is 6.21. The van der Waals surface area contributed by atoms with E-state index in [9.17, 15) is 19.5 Å². The largest absolute Gasteiger partial charge is 0.480 e. The number of imide groups is 1. The Morgan fingerprint density at radius 3 is 1.75 bits per heavy atom. The van der Waals surface area contributed by atoms with Gasteiger partial charge in [-0.15, -0.1) is 0 Å². The summed E-state index contributed by atoms with van der Waals surface area (Å²) < 4.78 is 0. The Morgan fingerprint density at radius 1 is 0.893 bits per heavy atom. The Morgan fingerprint density at radius 2 is 1.36 bits per heavy atom. The molecule has 1 atom stereocenters. The number of carbonyl (C=O) groups is 3. The van der Waals surface area contributed by atoms with Crippen LogP contribution in [0.3, 0.4) is 0 Å². The van der Waals surface area contributed by atoms with Crippen LogP contribution in [0.15, 0.2) is 4.99 Å². The normalized spacial score (nSPS) is 19.6. The fraction of sp³-hybridized carbons (Fsp3) is 0.800. The van der Waals surface area contributed by atoms with Crippen LogP contribution in [0.5, 0.6) is 0 Å². The van der Waals surface area contributed by atoms with E-state index in [1.807, 2.05) is 0 Å². The summed E-state index contributed by atoms with van der Waals surface area (Å²) in [5.74, 6) is -2.30. The Labute approximate surface area is 166 Å². The number of hydrogen-bond donors (Lipinski definition) is 3. The van der Waals surface area contributed by atoms with E-state index in [2.05, 4.69) is 4.99 Å². The van der Waals surface area contributed by atoms with Crippen LogP contribution in [0, 0.1) is 11.8 Å². The predicted octanol–water partition coefficient (Wildman–Crippen LogP) is 2.01. The van der Waals surface area contributed by atoms with Crippen molar-refractivity contribution in [2.24, 2.45) is 28.3 Å². The summed E-state index contributed by atoms with van der Waals surface area (Å²) in [5.41, 5.74) is 10.6. The summed E-state index contributed by atoms with van der Waals surface area (Å²) in [4.78, 5) is 43.5. The summed E-state index contributed by atoms with van der Waals surface area (Å²) in [6.45, 7) is 0.273. The zero-order valence-electron chi connectivity index (χ0n) is 16.6. The Bertz CT molecular complexity index is 547. The topological polar surface area (TPSA) is 139 Å². The molecule has 0 aromatic heterocycles. The summed E-state index contributed by atoms with van der Waals surface area (Å²) >= 11 is 0. The van der Waals surface area contributed by atoms with Crippen molar-refractivity contribution in [2.45, 2.75) is 83.1 Å². The van der Waals surface area contributed by atoms with Gasteiger partial charge in [-0.3, -0.25) is 19.5 Å². The first-order chi connectivity index (χ1) is 13.4. The summed E-state index contributed by atoms with van der Waals surface area (Å²) in [6, 6.07) is -1.15. The monoisotopic (exact) mass is 394 g/mol. The van der Waals surface area contributed by atoms with Crippen molar-refractivity contribution < 1.29 is 19.5 Å². The van der Waals surface area contributed by atoms with Crippen LogP contribution in [0.2, 0.25) is 0 Å². The van der Waals surface area contributed by atoms with Gasteiger partial charge < -0.3 is 16.6 Å². The molecule has 2 saturated carbocycles. The zero-order valence-corrected chi connectivity index (χ0v) is 16.6. The first-order valence-corrected chi connectivity index (χ1v) is 10.6. The minimum atomic E-state index is -1.15. The molecule has 0 aliphatic heterocycles. The number of nitrogens with two attached hydrogens (primary N) is 2. The molecular weight excluding hydrogens is 360 g/mol. The van der Waals surface area contributed by atoms with Crippen LogP contribution < -0.4 is 11.5 Å². The van der Waals surface area contributed by atoms with Gasteiger partial charge in [-0.1, -0.05) is 38.5 Å². The lowest BCUT2D eigenvalue weighted by Crippen LogP contribution is -2.53. The van der Waals surface area contributed by atoms with Gasteiger partial charge >= 0.3 is 5.97 Å². The molecule has 8 nitrogen and oxygen atoms in total. The fourth-order valence-electron chi connectivity index (χ4n) is 4.36. The third-order valence-electron chi connectivity index (χ3n) is 5.91. The van der Waals surface area contributed by atoms with Gasteiger partial charge in [0.1, 0.15) is 6.04 Å². The lowest BCUT2D eigenvalue weighted by molar-refractivity contribution is -0.163. The number of amides is 2. The number of aliphatic carboxylic acids is 1. The maximum atomic E-state index is 13.2. The summed E-state index contributed by atoms with van der Waals surface area (Å²) in [7, 11) is 0. The molecular formula is C20H34N4O4. The van der Waals surface area contributed by atoms with Crippen molar-refractivity contribution in [1.82, 2.24) is 4.90 Å². The number of carbonyl (C=O) groups excluding carboxylic acids is 2. The molecule has 158 valence electrons. The maximum absolute atomic E-state index is 13.2. The van der Waals surface area contributed by atoms with E-state index in [0.717, 1.165) is 69.1 Å². The van der Waals surface area contributed by atoms with Crippen molar-refractivity contribution >= 4 is 23.7 Å². The molecule has 8 heteroatoms. The van der Waals surface area contributed by atoms with E-state index in [1.54, 1.807) is 0 Å². The summed E-state index contributed by atoms with van der Waals surface area (Å²) in [5, 5.41) is 9.82. The fourth-order valence-corrected chi connectivity index (χ4v) is 4.36. The number of rotatable bonds is 8. The van der Waals surface area contributed by atoms with Gasteiger partial charge in [-0.2, -0.15) is 0 Å². The van der Waals surface area contributed by atoms with Crippen molar-refractivity contribution in [2.75, 3.05) is 6.54 Å². The molecule has 0 spiro atoms. The van der Waals surface area contributed by atoms with Gasteiger partial charge in [-0.05, 0) is 38.5 Å². The van der Waals surface area contributed by atoms with Crippen LogP contribution in [0.1, 0.15) is 77.0 Å². The molecule has 0 aromatic rings. The highest BCUT2D eigenvalue weighted by molar-refractivity contribution is 6.01. The van der Waals surface area contributed by atoms with Crippen molar-refractivity contribution in [3.05, 3.63) is 0 Å². The van der Waals surface area contributed by atoms with Crippen LogP contribution in [0.25, 0.3) is 0 Å². The van der Waals surface area contributed by atoms with E-state index in [4.69, 9.17) is 11.5 Å². The summed E-state index contributed by atoms with van der Waals surface area (Å²) in [6.07, 6.45) is 9.43. The van der Waals surface area contributed by atoms with Gasteiger partial charge in [0, 0.05) is 18.4 Å². The molecule has 0 radical (unpaired) electrons. The second kappa shape index (κ2) is 11.0. The van der Waals surface area contributed by atoms with Gasteiger partial charge in [0.25, 0.3) is 0 Å². The lowest BCUT2D eigenvalue weighted by atomic mass is 9.85. The number of aliphatic imine (C=N–C) groups is 1. The van der Waals surface area contributed by atoms with Gasteiger partial charge in [0.15, 0.2) is 5.96 Å². The van der Waals surface area contributed by atoms with Crippen LogP contribution in [-0.4, -0.2) is 46.3 Å². The van der Waals surface area contributed by atoms with E-state index in [-0.39, 0.29) is 42.6 Å². The van der Waals surface area contributed by atoms with Crippen LogP contribution in [-0.2, 0) is 14.4 Å². The first kappa shape index (κ1) is 22.2. The molecule has 2 rings (SSSR count). The number of carboxylic acids is 1. The molecule has 0 saturated heterocycles. The minimum absolute atomic E-state index is 0.0553. The SMILES string of the molecule is NC(N)=NCCC[C@@H](C(=O)O)N(C(=O)C1CCCCC1)C(=O)C1CCCCC1. The Kier molecular flexibility index (Phi) is 8.73. The van der Waals surface area contributed by atoms with Crippen molar-refractivity contribution in [1.29, 1.82) is 0 Å². The second-order valence-electron chi connectivity index (χ2n) is 8.02. The number of hydrogen-bond acceptors (Lipinski definition) is 4. The highest BCUT2D eigenvalue weighted by Crippen LogP contribution is 2.31.